The van der Waals surface area contributed by atoms with E-state index in [4.69, 9.17) is 4.74 Å². The smallest absolute Gasteiger partial charge is 0.306 e. The minimum atomic E-state index is -0.325. The predicted molar refractivity (Wildman–Crippen MR) is 61.5 cm³/mol. The second-order valence-electron chi connectivity index (χ2n) is 6.09. The van der Waals surface area contributed by atoms with Gasteiger partial charge in [-0.3, -0.25) is 4.79 Å². The fraction of sp³-hybridized carbons (Fsp3) is 0.857. The molecule has 16 heavy (non-hydrogen) atoms. The highest BCUT2D eigenvalue weighted by Crippen LogP contribution is 2.60. The molecule has 89 valence electrons. The van der Waals surface area contributed by atoms with Crippen molar-refractivity contribution in [1.29, 1.82) is 0 Å². The van der Waals surface area contributed by atoms with E-state index in [0.717, 1.165) is 18.3 Å². The summed E-state index contributed by atoms with van der Waals surface area (Å²) in [5.41, 5.74) is -0.147. The van der Waals surface area contributed by atoms with Crippen LogP contribution in [0.4, 0.5) is 0 Å². The molecule has 0 amide bonds. The highest BCUT2D eigenvalue weighted by atomic mass is 16.6. The molecule has 1 radical (unpaired) electrons. The quantitative estimate of drug-likeness (QED) is 0.670. The van der Waals surface area contributed by atoms with Crippen molar-refractivity contribution < 1.29 is 9.53 Å². The Balaban J connectivity index is 1.90. The molecule has 2 nitrogen and oxygen atoms in total. The molecule has 0 aromatic carbocycles. The Morgan fingerprint density at radius 2 is 1.69 bits per heavy atom. The van der Waals surface area contributed by atoms with Crippen molar-refractivity contribution in [1.82, 2.24) is 0 Å². The van der Waals surface area contributed by atoms with Crippen LogP contribution in [0.25, 0.3) is 0 Å². The molecule has 4 aliphatic carbocycles. The molecule has 0 N–H and O–H groups in total. The van der Waals surface area contributed by atoms with Gasteiger partial charge in [0.05, 0.1) is 6.92 Å². The summed E-state index contributed by atoms with van der Waals surface area (Å²) in [4.78, 5) is 11.3. The van der Waals surface area contributed by atoms with Crippen LogP contribution in [0.15, 0.2) is 0 Å². The van der Waals surface area contributed by atoms with Crippen LogP contribution in [-0.2, 0) is 9.53 Å². The molecule has 2 heteroatoms. The molecule has 0 aromatic heterocycles. The molecular formula is C14H21O2. The SMILES string of the molecule is [CH2]C(=O)OC1(CC)C2CC3CC(C2)CC1C3. The molecule has 4 saturated carbocycles. The molecule has 4 bridgehead atoms. The zero-order chi connectivity index (χ0) is 11.3. The molecule has 0 spiro atoms. The van der Waals surface area contributed by atoms with E-state index in [2.05, 4.69) is 13.8 Å². The standard InChI is InChI=1S/C14H21O2/c1-3-14(16-9(2)15)12-5-10-4-11(7-12)8-13(14)6-10/h10-13H,2-8H2,1H3. The predicted octanol–water partition coefficient (Wildman–Crippen LogP) is 2.97. The summed E-state index contributed by atoms with van der Waals surface area (Å²) in [6.07, 6.45) is 7.55. The topological polar surface area (TPSA) is 26.3 Å². The van der Waals surface area contributed by atoms with Gasteiger partial charge in [0.15, 0.2) is 0 Å². The third-order valence-electron chi connectivity index (χ3n) is 5.38. The largest absolute Gasteiger partial charge is 0.458 e. The van der Waals surface area contributed by atoms with E-state index < -0.39 is 0 Å². The van der Waals surface area contributed by atoms with E-state index in [9.17, 15) is 4.79 Å². The molecule has 4 aliphatic rings. The Kier molecular flexibility index (Phi) is 2.31. The summed E-state index contributed by atoms with van der Waals surface area (Å²) in [5.74, 6) is 2.77. The first-order valence-electron chi connectivity index (χ1n) is 6.69. The van der Waals surface area contributed by atoms with Crippen molar-refractivity contribution in [3.8, 4) is 0 Å². The molecular weight excluding hydrogens is 200 g/mol. The van der Waals surface area contributed by atoms with Crippen LogP contribution in [0.3, 0.4) is 0 Å². The Labute approximate surface area is 97.7 Å². The van der Waals surface area contributed by atoms with Crippen molar-refractivity contribution in [2.75, 3.05) is 0 Å². The summed E-state index contributed by atoms with van der Waals surface area (Å²) in [6.45, 7) is 5.59. The number of carbonyl (C=O) groups excluding carboxylic acids is 1. The lowest BCUT2D eigenvalue weighted by atomic mass is 9.49. The molecule has 0 atom stereocenters. The van der Waals surface area contributed by atoms with Crippen molar-refractivity contribution in [3.63, 3.8) is 0 Å². The maximum Gasteiger partial charge on any atom is 0.306 e. The summed E-state index contributed by atoms with van der Waals surface area (Å²) in [5, 5.41) is 0. The first-order valence-corrected chi connectivity index (χ1v) is 6.69. The second kappa shape index (κ2) is 3.48. The Morgan fingerprint density at radius 3 is 2.06 bits per heavy atom. The van der Waals surface area contributed by atoms with Crippen LogP contribution in [0.1, 0.15) is 45.4 Å². The first kappa shape index (κ1) is 10.6. The van der Waals surface area contributed by atoms with Crippen LogP contribution in [0.5, 0.6) is 0 Å². The monoisotopic (exact) mass is 221 g/mol. The molecule has 0 aliphatic heterocycles. The number of ether oxygens (including phenoxy) is 1. The highest BCUT2D eigenvalue weighted by molar-refractivity contribution is 5.74. The molecule has 0 aromatic rings. The average molecular weight is 221 g/mol. The van der Waals surface area contributed by atoms with Crippen molar-refractivity contribution >= 4 is 5.97 Å². The summed E-state index contributed by atoms with van der Waals surface area (Å²) >= 11 is 0. The summed E-state index contributed by atoms with van der Waals surface area (Å²) < 4.78 is 5.71. The molecule has 0 saturated heterocycles. The van der Waals surface area contributed by atoms with Crippen LogP contribution in [0, 0.1) is 30.6 Å². The van der Waals surface area contributed by atoms with E-state index in [-0.39, 0.29) is 11.6 Å². The third kappa shape index (κ3) is 1.34. The van der Waals surface area contributed by atoms with Gasteiger partial charge >= 0.3 is 5.97 Å². The molecule has 0 unspecified atom stereocenters. The number of hydrogen-bond acceptors (Lipinski definition) is 2. The lowest BCUT2D eigenvalue weighted by Crippen LogP contribution is -2.59. The van der Waals surface area contributed by atoms with Crippen molar-refractivity contribution in [3.05, 3.63) is 6.92 Å². The molecule has 4 fully saturated rings. The van der Waals surface area contributed by atoms with Crippen LogP contribution >= 0.6 is 0 Å². The van der Waals surface area contributed by atoms with Gasteiger partial charge in [-0.2, -0.15) is 0 Å². The molecule has 0 heterocycles. The third-order valence-corrected chi connectivity index (χ3v) is 5.38. The van der Waals surface area contributed by atoms with Crippen molar-refractivity contribution in [2.24, 2.45) is 23.7 Å². The Bertz CT molecular complexity index is 280. The Morgan fingerprint density at radius 1 is 1.19 bits per heavy atom. The van der Waals surface area contributed by atoms with Gasteiger partial charge in [-0.05, 0) is 62.2 Å². The van der Waals surface area contributed by atoms with E-state index in [1.807, 2.05) is 0 Å². The van der Waals surface area contributed by atoms with Gasteiger partial charge in [-0.25, -0.2) is 0 Å². The van der Waals surface area contributed by atoms with Gasteiger partial charge in [0, 0.05) is 0 Å². The van der Waals surface area contributed by atoms with Crippen LogP contribution < -0.4 is 0 Å². The summed E-state index contributed by atoms with van der Waals surface area (Å²) in [7, 11) is 0. The van der Waals surface area contributed by atoms with Gasteiger partial charge in [0.25, 0.3) is 0 Å². The minimum absolute atomic E-state index is 0.147. The number of esters is 1. The minimum Gasteiger partial charge on any atom is -0.458 e. The normalized spacial score (nSPS) is 49.4. The average Bonchev–Trinajstić information content (AvgIpc) is 2.22. The van der Waals surface area contributed by atoms with Crippen LogP contribution in [0.2, 0.25) is 0 Å². The van der Waals surface area contributed by atoms with E-state index in [1.54, 1.807) is 0 Å². The van der Waals surface area contributed by atoms with Gasteiger partial charge < -0.3 is 4.74 Å². The number of rotatable bonds is 2. The maximum atomic E-state index is 11.3. The van der Waals surface area contributed by atoms with E-state index in [1.165, 1.54) is 32.1 Å². The maximum absolute atomic E-state index is 11.3. The van der Waals surface area contributed by atoms with Gasteiger partial charge in [-0.1, -0.05) is 6.92 Å². The fourth-order valence-corrected chi connectivity index (χ4v) is 5.01. The summed E-state index contributed by atoms with van der Waals surface area (Å²) in [6, 6.07) is 0. The van der Waals surface area contributed by atoms with Gasteiger partial charge in [0.2, 0.25) is 0 Å². The lowest BCUT2D eigenvalue weighted by Gasteiger charge is -2.60. The van der Waals surface area contributed by atoms with Gasteiger partial charge in [0.1, 0.15) is 5.60 Å². The zero-order valence-electron chi connectivity index (χ0n) is 10.1. The second-order valence-corrected chi connectivity index (χ2v) is 6.09. The first-order chi connectivity index (χ1) is 7.64. The van der Waals surface area contributed by atoms with E-state index >= 15 is 0 Å². The number of hydrogen-bond donors (Lipinski definition) is 0. The van der Waals surface area contributed by atoms with Crippen LogP contribution in [-0.4, -0.2) is 11.6 Å². The van der Waals surface area contributed by atoms with E-state index in [0.29, 0.717) is 11.8 Å². The molecule has 4 rings (SSSR count). The highest BCUT2D eigenvalue weighted by Gasteiger charge is 2.58. The Hall–Kier alpha value is -0.530. The number of carbonyl (C=O) groups is 1. The fourth-order valence-electron chi connectivity index (χ4n) is 5.01. The van der Waals surface area contributed by atoms with Crippen molar-refractivity contribution in [2.45, 2.75) is 51.0 Å². The lowest BCUT2D eigenvalue weighted by molar-refractivity contribution is -0.206. The van der Waals surface area contributed by atoms with Gasteiger partial charge in [-0.15, -0.1) is 0 Å². The zero-order valence-corrected chi connectivity index (χ0v) is 10.1.